The van der Waals surface area contributed by atoms with Crippen LogP contribution in [0.2, 0.25) is 0 Å². The maximum absolute atomic E-state index is 14.5. The van der Waals surface area contributed by atoms with Crippen LogP contribution < -0.4 is 10.1 Å². The summed E-state index contributed by atoms with van der Waals surface area (Å²) >= 11 is 0. The van der Waals surface area contributed by atoms with Gasteiger partial charge < -0.3 is 15.0 Å². The van der Waals surface area contributed by atoms with Crippen molar-refractivity contribution >= 4 is 5.91 Å². The third-order valence-corrected chi connectivity index (χ3v) is 9.69. The molecule has 4 heteroatoms. The van der Waals surface area contributed by atoms with Crippen molar-refractivity contribution in [3.05, 3.63) is 65.2 Å². The molecule has 4 nitrogen and oxygen atoms in total. The van der Waals surface area contributed by atoms with Gasteiger partial charge >= 0.3 is 0 Å². The molecule has 1 aliphatic carbocycles. The van der Waals surface area contributed by atoms with Crippen LogP contribution in [0.3, 0.4) is 0 Å². The maximum Gasteiger partial charge on any atom is 0.228 e. The molecule has 35 heavy (non-hydrogen) atoms. The number of nitrogens with zero attached hydrogens (tertiary/aromatic N) is 1. The lowest BCUT2D eigenvalue weighted by Crippen LogP contribution is -2.55. The first-order valence-corrected chi connectivity index (χ1v) is 14.0. The molecule has 1 amide bonds. The number of para-hydroxylation sites is 1. The number of ether oxygens (including phenoxy) is 1. The van der Waals surface area contributed by atoms with Gasteiger partial charge in [0, 0.05) is 36.7 Å². The van der Waals surface area contributed by atoms with Crippen LogP contribution in [0.5, 0.6) is 5.75 Å². The molecule has 1 spiro atoms. The van der Waals surface area contributed by atoms with Crippen LogP contribution in [0.15, 0.2) is 48.5 Å². The Labute approximate surface area is 210 Å². The van der Waals surface area contributed by atoms with E-state index < -0.39 is 0 Å². The van der Waals surface area contributed by atoms with Crippen molar-refractivity contribution in [1.29, 1.82) is 0 Å². The van der Waals surface area contributed by atoms with Crippen LogP contribution in [0.25, 0.3) is 0 Å². The van der Waals surface area contributed by atoms with Crippen molar-refractivity contribution in [3.8, 4) is 5.75 Å². The van der Waals surface area contributed by atoms with E-state index in [0.29, 0.717) is 30.4 Å². The Morgan fingerprint density at radius 2 is 1.86 bits per heavy atom. The minimum absolute atomic E-state index is 0.00804. The van der Waals surface area contributed by atoms with Crippen LogP contribution in [0, 0.1) is 18.8 Å². The first-order chi connectivity index (χ1) is 17.2. The Bertz CT molecular complexity index is 1050. The van der Waals surface area contributed by atoms with E-state index >= 15 is 0 Å². The monoisotopic (exact) mass is 472 g/mol. The zero-order valence-electron chi connectivity index (χ0n) is 21.2. The number of hydrogen-bond acceptors (Lipinski definition) is 3. The van der Waals surface area contributed by atoms with E-state index in [1.807, 2.05) is 0 Å². The van der Waals surface area contributed by atoms with E-state index in [4.69, 9.17) is 4.74 Å². The van der Waals surface area contributed by atoms with E-state index in [-0.39, 0.29) is 11.3 Å². The summed E-state index contributed by atoms with van der Waals surface area (Å²) in [5.74, 6) is 2.62. The van der Waals surface area contributed by atoms with Crippen LogP contribution >= 0.6 is 0 Å². The highest BCUT2D eigenvalue weighted by atomic mass is 16.5. The van der Waals surface area contributed by atoms with Crippen molar-refractivity contribution < 1.29 is 9.53 Å². The summed E-state index contributed by atoms with van der Waals surface area (Å²) in [7, 11) is 0. The first-order valence-electron chi connectivity index (χ1n) is 14.0. The number of aryl methyl sites for hydroxylation is 1. The van der Waals surface area contributed by atoms with Gasteiger partial charge in [-0.05, 0) is 62.0 Å². The van der Waals surface area contributed by atoms with E-state index in [9.17, 15) is 4.79 Å². The molecule has 2 saturated heterocycles. The Hall–Kier alpha value is -2.33. The molecule has 4 atom stereocenters. The van der Waals surface area contributed by atoms with Gasteiger partial charge in [0.1, 0.15) is 5.75 Å². The summed E-state index contributed by atoms with van der Waals surface area (Å²) in [6.45, 7) is 5.37. The van der Waals surface area contributed by atoms with Crippen LogP contribution in [0.1, 0.15) is 74.0 Å². The number of carbonyl (C=O) groups is 1. The fourth-order valence-corrected chi connectivity index (χ4v) is 7.80. The first kappa shape index (κ1) is 23.1. The molecule has 6 rings (SSSR count). The number of hydrogen-bond donors (Lipinski definition) is 1. The standard InChI is InChI=1S/C31H40N2O2/c1-22-9-8-14-26-29(22)35-18-16-31(26)21-32-20-27(31)30(34)33-17-15-25(23-10-4-2-5-11-23)19-28(33)24-12-6-3-7-13-24/h2,4-5,8-11,14,24-25,27-28,32H,3,6-7,12-13,15-21H2,1H3/t25-,27+,28+,31+/m1/s1. The van der Waals surface area contributed by atoms with E-state index in [1.54, 1.807) is 0 Å². The minimum atomic E-state index is -0.149. The highest BCUT2D eigenvalue weighted by Crippen LogP contribution is 2.49. The van der Waals surface area contributed by atoms with Gasteiger partial charge in [0.25, 0.3) is 0 Å². The highest BCUT2D eigenvalue weighted by Gasteiger charge is 2.53. The third kappa shape index (κ3) is 4.08. The van der Waals surface area contributed by atoms with Gasteiger partial charge in [-0.2, -0.15) is 0 Å². The molecule has 186 valence electrons. The molecule has 3 heterocycles. The van der Waals surface area contributed by atoms with Crippen molar-refractivity contribution in [1.82, 2.24) is 10.2 Å². The van der Waals surface area contributed by atoms with Crippen LogP contribution in [-0.4, -0.2) is 43.1 Å². The van der Waals surface area contributed by atoms with Gasteiger partial charge in [0.15, 0.2) is 0 Å². The third-order valence-electron chi connectivity index (χ3n) is 9.69. The number of piperidine rings is 1. The number of benzene rings is 2. The number of amides is 1. The fourth-order valence-electron chi connectivity index (χ4n) is 7.80. The second kappa shape index (κ2) is 9.61. The zero-order chi connectivity index (χ0) is 23.8. The normalized spacial score (nSPS) is 31.2. The van der Waals surface area contributed by atoms with Crippen molar-refractivity contribution in [2.75, 3.05) is 26.2 Å². The summed E-state index contributed by atoms with van der Waals surface area (Å²) in [4.78, 5) is 16.9. The Kier molecular flexibility index (Phi) is 6.34. The average Bonchev–Trinajstić information content (AvgIpc) is 3.33. The molecule has 4 aliphatic rings. The molecule has 0 bridgehead atoms. The summed E-state index contributed by atoms with van der Waals surface area (Å²) in [6, 6.07) is 17.9. The topological polar surface area (TPSA) is 41.6 Å². The molecule has 3 aliphatic heterocycles. The van der Waals surface area contributed by atoms with Crippen LogP contribution in [0.4, 0.5) is 0 Å². The summed E-state index contributed by atoms with van der Waals surface area (Å²) in [5, 5.41) is 3.64. The molecule has 3 fully saturated rings. The van der Waals surface area contributed by atoms with E-state index in [1.165, 1.54) is 48.8 Å². The quantitative estimate of drug-likeness (QED) is 0.633. The van der Waals surface area contributed by atoms with Crippen molar-refractivity contribution in [2.45, 2.75) is 75.7 Å². The lowest BCUT2D eigenvalue weighted by atomic mass is 9.67. The van der Waals surface area contributed by atoms with Gasteiger partial charge in [-0.1, -0.05) is 67.8 Å². The second-order valence-electron chi connectivity index (χ2n) is 11.5. The van der Waals surface area contributed by atoms with Gasteiger partial charge in [0.05, 0.1) is 12.5 Å². The van der Waals surface area contributed by atoms with E-state index in [0.717, 1.165) is 44.6 Å². The molecule has 2 aromatic carbocycles. The predicted octanol–water partition coefficient (Wildman–Crippen LogP) is 5.59. The lowest BCUT2D eigenvalue weighted by molar-refractivity contribution is -0.143. The highest BCUT2D eigenvalue weighted by molar-refractivity contribution is 5.82. The van der Waals surface area contributed by atoms with Crippen molar-refractivity contribution in [2.24, 2.45) is 11.8 Å². The molecular formula is C31H40N2O2. The summed E-state index contributed by atoms with van der Waals surface area (Å²) in [5.41, 5.74) is 3.74. The van der Waals surface area contributed by atoms with Gasteiger partial charge in [-0.3, -0.25) is 4.79 Å². The number of fused-ring (bicyclic) bond motifs is 2. The second-order valence-corrected chi connectivity index (χ2v) is 11.5. The number of rotatable bonds is 3. The largest absolute Gasteiger partial charge is 0.493 e. The SMILES string of the molecule is Cc1cccc2c1OCC[C@]21CNC[C@H]1C(=O)N1CC[C@@H](c2ccccc2)C[C@H]1C1CCCCC1. The Balaban J connectivity index is 1.31. The van der Waals surface area contributed by atoms with Crippen LogP contribution in [-0.2, 0) is 10.2 Å². The smallest absolute Gasteiger partial charge is 0.228 e. The molecule has 0 aromatic heterocycles. The van der Waals surface area contributed by atoms with Crippen molar-refractivity contribution in [3.63, 3.8) is 0 Å². The molecule has 1 saturated carbocycles. The molecule has 1 N–H and O–H groups in total. The Morgan fingerprint density at radius 1 is 1.03 bits per heavy atom. The molecule has 0 radical (unpaired) electrons. The van der Waals surface area contributed by atoms with E-state index in [2.05, 4.69) is 65.7 Å². The molecular weight excluding hydrogens is 432 g/mol. The number of likely N-dealkylation sites (tertiary alicyclic amines) is 1. The maximum atomic E-state index is 14.5. The fraction of sp³-hybridized carbons (Fsp3) is 0.581. The summed E-state index contributed by atoms with van der Waals surface area (Å²) < 4.78 is 6.14. The number of carbonyl (C=O) groups excluding carboxylic acids is 1. The molecule has 2 aromatic rings. The van der Waals surface area contributed by atoms with Gasteiger partial charge in [-0.15, -0.1) is 0 Å². The summed E-state index contributed by atoms with van der Waals surface area (Å²) in [6.07, 6.45) is 9.65. The number of nitrogens with one attached hydrogen (secondary N) is 1. The van der Waals surface area contributed by atoms with Gasteiger partial charge in [0.2, 0.25) is 5.91 Å². The van der Waals surface area contributed by atoms with Gasteiger partial charge in [-0.25, -0.2) is 0 Å². The minimum Gasteiger partial charge on any atom is -0.493 e. The molecule has 0 unspecified atom stereocenters. The predicted molar refractivity (Wildman–Crippen MR) is 140 cm³/mol. The average molecular weight is 473 g/mol. The lowest BCUT2D eigenvalue weighted by Gasteiger charge is -2.48. The zero-order valence-corrected chi connectivity index (χ0v) is 21.2. The Morgan fingerprint density at radius 3 is 2.69 bits per heavy atom.